The van der Waals surface area contributed by atoms with Crippen molar-refractivity contribution in [1.82, 2.24) is 5.32 Å². The van der Waals surface area contributed by atoms with Gasteiger partial charge in [0.05, 0.1) is 11.1 Å². The van der Waals surface area contributed by atoms with E-state index in [9.17, 15) is 18.7 Å². The number of para-hydroxylation sites is 1. The first kappa shape index (κ1) is 17.2. The second kappa shape index (κ2) is 7.89. The molecule has 0 aliphatic carbocycles. The molecule has 2 aromatic rings. The minimum absolute atomic E-state index is 0.0389. The van der Waals surface area contributed by atoms with Crippen molar-refractivity contribution in [3.63, 3.8) is 0 Å². The lowest BCUT2D eigenvalue weighted by Crippen LogP contribution is -2.32. The summed E-state index contributed by atoms with van der Waals surface area (Å²) >= 11 is 5.55. The van der Waals surface area contributed by atoms with Gasteiger partial charge < -0.3 is 15.2 Å². The maximum atomic E-state index is 13.3. The molecule has 0 saturated carbocycles. The van der Waals surface area contributed by atoms with E-state index in [2.05, 4.69) is 5.32 Å². The Morgan fingerprint density at radius 1 is 1.22 bits per heavy atom. The van der Waals surface area contributed by atoms with Crippen molar-refractivity contribution in [2.24, 2.45) is 0 Å². The first-order valence-corrected chi connectivity index (χ1v) is 7.12. The third-order valence-corrected chi connectivity index (χ3v) is 3.32. The molecule has 2 N–H and O–H groups in total. The Hall–Kier alpha value is -2.18. The second-order valence-corrected chi connectivity index (χ2v) is 5.12. The van der Waals surface area contributed by atoms with Crippen LogP contribution in [0.3, 0.4) is 0 Å². The van der Waals surface area contributed by atoms with Gasteiger partial charge in [0.25, 0.3) is 5.91 Å². The quantitative estimate of drug-likeness (QED) is 0.849. The zero-order valence-electron chi connectivity index (χ0n) is 11.9. The number of aliphatic hydroxyl groups is 1. The molecule has 23 heavy (non-hydrogen) atoms. The van der Waals surface area contributed by atoms with Gasteiger partial charge in [0, 0.05) is 6.54 Å². The number of rotatable bonds is 6. The van der Waals surface area contributed by atoms with Crippen molar-refractivity contribution in [2.75, 3.05) is 13.2 Å². The summed E-state index contributed by atoms with van der Waals surface area (Å²) in [6.45, 7) is -0.539. The molecule has 0 aliphatic rings. The molecule has 0 heterocycles. The summed E-state index contributed by atoms with van der Waals surface area (Å²) in [6.07, 6.45) is -1.10. The standard InChI is InChI=1S/C16H14ClF2NO3/c17-11-6-5-10(7-13(11)19)14(21)8-20-16(22)9-23-15-4-2-1-3-12(15)18/h1-7,14,21H,8-9H2,(H,20,22). The number of aliphatic hydroxyl groups excluding tert-OH is 1. The second-order valence-electron chi connectivity index (χ2n) is 4.71. The molecule has 2 rings (SSSR count). The molecule has 122 valence electrons. The van der Waals surface area contributed by atoms with E-state index in [0.717, 1.165) is 6.07 Å². The summed E-state index contributed by atoms with van der Waals surface area (Å²) in [5.41, 5.74) is 0.280. The van der Waals surface area contributed by atoms with Crippen LogP contribution in [0.4, 0.5) is 8.78 Å². The van der Waals surface area contributed by atoms with Crippen molar-refractivity contribution < 1.29 is 23.4 Å². The molecule has 2 aromatic carbocycles. The van der Waals surface area contributed by atoms with Gasteiger partial charge >= 0.3 is 0 Å². The zero-order valence-corrected chi connectivity index (χ0v) is 12.7. The Morgan fingerprint density at radius 3 is 2.65 bits per heavy atom. The Morgan fingerprint density at radius 2 is 1.96 bits per heavy atom. The van der Waals surface area contributed by atoms with E-state index in [1.165, 1.54) is 30.3 Å². The van der Waals surface area contributed by atoms with Crippen molar-refractivity contribution in [2.45, 2.75) is 6.10 Å². The third-order valence-electron chi connectivity index (χ3n) is 3.02. The number of ether oxygens (including phenoxy) is 1. The van der Waals surface area contributed by atoms with Gasteiger partial charge in [0.2, 0.25) is 0 Å². The minimum atomic E-state index is -1.10. The summed E-state index contributed by atoms with van der Waals surface area (Å²) < 4.78 is 31.6. The van der Waals surface area contributed by atoms with E-state index in [4.69, 9.17) is 16.3 Å². The van der Waals surface area contributed by atoms with Crippen LogP contribution < -0.4 is 10.1 Å². The highest BCUT2D eigenvalue weighted by Crippen LogP contribution is 2.20. The van der Waals surface area contributed by atoms with E-state index in [0.29, 0.717) is 0 Å². The molecule has 1 unspecified atom stereocenters. The molecule has 0 fully saturated rings. The molecule has 0 aromatic heterocycles. The van der Waals surface area contributed by atoms with Gasteiger partial charge in [-0.2, -0.15) is 0 Å². The number of carbonyl (C=O) groups excluding carboxylic acids is 1. The number of halogens is 3. The van der Waals surface area contributed by atoms with Gasteiger partial charge in [-0.25, -0.2) is 8.78 Å². The van der Waals surface area contributed by atoms with Gasteiger partial charge in [-0.05, 0) is 29.8 Å². The van der Waals surface area contributed by atoms with E-state index >= 15 is 0 Å². The number of hydrogen-bond acceptors (Lipinski definition) is 3. The number of benzene rings is 2. The van der Waals surface area contributed by atoms with Crippen molar-refractivity contribution in [3.8, 4) is 5.75 Å². The van der Waals surface area contributed by atoms with Crippen molar-refractivity contribution in [3.05, 3.63) is 64.7 Å². The van der Waals surface area contributed by atoms with E-state index in [1.807, 2.05) is 0 Å². The maximum absolute atomic E-state index is 13.3. The average molecular weight is 342 g/mol. The highest BCUT2D eigenvalue weighted by molar-refractivity contribution is 6.30. The van der Waals surface area contributed by atoms with Crippen LogP contribution >= 0.6 is 11.6 Å². The molecule has 0 spiro atoms. The van der Waals surface area contributed by atoms with E-state index in [-0.39, 0.29) is 22.9 Å². The van der Waals surface area contributed by atoms with Crippen LogP contribution in [-0.4, -0.2) is 24.2 Å². The smallest absolute Gasteiger partial charge is 0.258 e. The Labute approximate surface area is 136 Å². The lowest BCUT2D eigenvalue weighted by molar-refractivity contribution is -0.123. The topological polar surface area (TPSA) is 58.6 Å². The Kier molecular flexibility index (Phi) is 5.90. The molecule has 0 aliphatic heterocycles. The number of hydrogen-bond donors (Lipinski definition) is 2. The molecule has 0 saturated heterocycles. The molecule has 0 bridgehead atoms. The summed E-state index contributed by atoms with van der Waals surface area (Å²) in [5, 5.41) is 12.2. The van der Waals surface area contributed by atoms with Gasteiger partial charge in [-0.3, -0.25) is 4.79 Å². The fourth-order valence-corrected chi connectivity index (χ4v) is 1.92. The lowest BCUT2D eigenvalue weighted by atomic mass is 10.1. The fourth-order valence-electron chi connectivity index (χ4n) is 1.80. The number of nitrogens with one attached hydrogen (secondary N) is 1. The molecule has 1 atom stereocenters. The first-order chi connectivity index (χ1) is 11.0. The molecule has 1 amide bonds. The minimum Gasteiger partial charge on any atom is -0.481 e. The monoisotopic (exact) mass is 341 g/mol. The molecule has 0 radical (unpaired) electrons. The Bertz CT molecular complexity index is 697. The predicted octanol–water partition coefficient (Wildman–Crippen LogP) is 2.85. The van der Waals surface area contributed by atoms with E-state index in [1.54, 1.807) is 6.07 Å². The summed E-state index contributed by atoms with van der Waals surface area (Å²) in [5.74, 6) is -1.81. The highest BCUT2D eigenvalue weighted by Gasteiger charge is 2.12. The number of amides is 1. The third kappa shape index (κ3) is 4.91. The summed E-state index contributed by atoms with van der Waals surface area (Å²) in [6, 6.07) is 9.56. The molecule has 4 nitrogen and oxygen atoms in total. The Balaban J connectivity index is 1.82. The maximum Gasteiger partial charge on any atom is 0.258 e. The summed E-state index contributed by atoms with van der Waals surface area (Å²) in [7, 11) is 0. The zero-order chi connectivity index (χ0) is 16.8. The van der Waals surface area contributed by atoms with Crippen molar-refractivity contribution in [1.29, 1.82) is 0 Å². The normalized spacial score (nSPS) is 11.8. The van der Waals surface area contributed by atoms with Crippen LogP contribution in [0, 0.1) is 11.6 Å². The average Bonchev–Trinajstić information content (AvgIpc) is 2.54. The van der Waals surface area contributed by atoms with Crippen LogP contribution in [0.25, 0.3) is 0 Å². The van der Waals surface area contributed by atoms with E-state index < -0.39 is 30.3 Å². The number of carbonyl (C=O) groups is 1. The van der Waals surface area contributed by atoms with Crippen LogP contribution in [-0.2, 0) is 4.79 Å². The summed E-state index contributed by atoms with van der Waals surface area (Å²) in [4.78, 5) is 11.6. The van der Waals surface area contributed by atoms with Crippen LogP contribution in [0.1, 0.15) is 11.7 Å². The van der Waals surface area contributed by atoms with Gasteiger partial charge in [-0.1, -0.05) is 29.8 Å². The first-order valence-electron chi connectivity index (χ1n) is 6.74. The SMILES string of the molecule is O=C(COc1ccccc1F)NCC(O)c1ccc(Cl)c(F)c1. The molecular formula is C16H14ClF2NO3. The van der Waals surface area contributed by atoms with Crippen LogP contribution in [0.2, 0.25) is 5.02 Å². The molecule has 7 heteroatoms. The fraction of sp³-hybridized carbons (Fsp3) is 0.188. The van der Waals surface area contributed by atoms with Gasteiger partial charge in [0.15, 0.2) is 18.2 Å². The van der Waals surface area contributed by atoms with Crippen LogP contribution in [0.15, 0.2) is 42.5 Å². The highest BCUT2D eigenvalue weighted by atomic mass is 35.5. The molecular weight excluding hydrogens is 328 g/mol. The largest absolute Gasteiger partial charge is 0.481 e. The lowest BCUT2D eigenvalue weighted by Gasteiger charge is -2.13. The van der Waals surface area contributed by atoms with Crippen molar-refractivity contribution >= 4 is 17.5 Å². The van der Waals surface area contributed by atoms with Gasteiger partial charge in [0.1, 0.15) is 5.82 Å². The van der Waals surface area contributed by atoms with Crippen LogP contribution in [0.5, 0.6) is 5.75 Å². The van der Waals surface area contributed by atoms with Gasteiger partial charge in [-0.15, -0.1) is 0 Å². The predicted molar refractivity (Wildman–Crippen MR) is 81.3 cm³/mol.